The normalized spacial score (nSPS) is 17.6. The van der Waals surface area contributed by atoms with Gasteiger partial charge in [0.15, 0.2) is 0 Å². The number of hydrogen-bond acceptors (Lipinski definition) is 2. The average molecular weight is 964 g/mol. The van der Waals surface area contributed by atoms with E-state index in [1.165, 1.54) is 83.1 Å². The third-order valence-corrected chi connectivity index (χ3v) is 20.5. The van der Waals surface area contributed by atoms with Crippen LogP contribution in [-0.2, 0) is 10.8 Å². The van der Waals surface area contributed by atoms with Crippen LogP contribution in [0.15, 0.2) is 249 Å². The van der Waals surface area contributed by atoms with Crippen LogP contribution < -0.4 is 20.8 Å². The lowest BCUT2D eigenvalue weighted by molar-refractivity contribution is 0.634. The van der Waals surface area contributed by atoms with Crippen molar-refractivity contribution in [2.75, 3.05) is 4.90 Å². The molecule has 3 nitrogen and oxygen atoms in total. The summed E-state index contributed by atoms with van der Waals surface area (Å²) < 4.78 is 2.51. The highest BCUT2D eigenvalue weighted by Gasteiger charge is 2.60. The Morgan fingerprint density at radius 1 is 0.405 bits per heavy atom. The van der Waals surface area contributed by atoms with E-state index in [0.717, 1.165) is 55.2 Å². The van der Waals surface area contributed by atoms with Crippen molar-refractivity contribution >= 4 is 62.3 Å². The Bertz CT molecular complexity index is 4360. The van der Waals surface area contributed by atoms with E-state index in [2.05, 4.69) is 272 Å². The van der Waals surface area contributed by atoms with Crippen LogP contribution in [0.25, 0.3) is 72.0 Å². The maximum absolute atomic E-state index is 14.2. The highest BCUT2D eigenvalue weighted by Crippen LogP contribution is 2.67. The van der Waals surface area contributed by atoms with E-state index in [1.807, 2.05) is 0 Å². The second kappa shape index (κ2) is 15.0. The molecule has 3 heterocycles. The van der Waals surface area contributed by atoms with Crippen molar-refractivity contribution < 1.29 is 4.89 Å². The number of fused-ring (bicyclic) bond motifs is 19. The lowest BCUT2D eigenvalue weighted by atomic mass is 9.65. The van der Waals surface area contributed by atoms with Crippen molar-refractivity contribution in [1.82, 2.24) is 4.57 Å². The molecule has 16 rings (SSSR count). The Hall–Kier alpha value is -8.59. The maximum atomic E-state index is 14.2. The van der Waals surface area contributed by atoms with Crippen LogP contribution in [-0.4, -0.2) is 9.46 Å². The van der Waals surface area contributed by atoms with Crippen LogP contribution in [0.4, 0.5) is 17.1 Å². The zero-order chi connectivity index (χ0) is 49.1. The third kappa shape index (κ3) is 5.27. The molecule has 4 heteroatoms. The highest BCUT2D eigenvalue weighted by atomic mass is 31.2. The van der Waals surface area contributed by atoms with E-state index in [-0.39, 0.29) is 5.41 Å². The Morgan fingerprint density at radius 2 is 1.00 bits per heavy atom. The zero-order valence-electron chi connectivity index (χ0n) is 41.0. The van der Waals surface area contributed by atoms with Crippen LogP contribution in [0, 0.1) is 0 Å². The molecule has 0 saturated carbocycles. The molecule has 348 valence electrons. The molecule has 1 N–H and O–H groups in total. The molecule has 2 aliphatic carbocycles. The largest absolute Gasteiger partial charge is 0.310 e. The summed E-state index contributed by atoms with van der Waals surface area (Å²) in [5, 5.41) is 5.51. The average Bonchev–Trinajstić information content (AvgIpc) is 4.29. The van der Waals surface area contributed by atoms with E-state index >= 15 is 0 Å². The SMILES string of the molecule is CC1(C)c2ccccc2-c2ccc(N(c3ccc(-c4ccccc4)cc3)c3ccc4c(c3)-c3c(ccc5c3[P+](O)(c3ccccc3)c3ccccc3-5)C43c4ccccc4-n4c5ccccc5c5cccc3c54)cc21. The molecule has 0 amide bonds. The van der Waals surface area contributed by atoms with Crippen LogP contribution in [0.3, 0.4) is 0 Å². The van der Waals surface area contributed by atoms with E-state index in [1.54, 1.807) is 0 Å². The molecule has 2 unspecified atom stereocenters. The fourth-order valence-electron chi connectivity index (χ4n) is 14.1. The third-order valence-electron chi connectivity index (χ3n) is 17.2. The van der Waals surface area contributed by atoms with Crippen molar-refractivity contribution in [3.8, 4) is 50.2 Å². The van der Waals surface area contributed by atoms with Crippen LogP contribution in [0.5, 0.6) is 0 Å². The zero-order valence-corrected chi connectivity index (χ0v) is 41.9. The van der Waals surface area contributed by atoms with Gasteiger partial charge < -0.3 is 9.47 Å². The van der Waals surface area contributed by atoms with E-state index < -0.39 is 12.9 Å². The maximum Gasteiger partial charge on any atom is 0.240 e. The van der Waals surface area contributed by atoms with Crippen molar-refractivity contribution in [2.24, 2.45) is 0 Å². The summed E-state index contributed by atoms with van der Waals surface area (Å²) in [5.41, 5.74) is 23.0. The molecule has 0 saturated heterocycles. The first-order valence-corrected chi connectivity index (χ1v) is 27.5. The van der Waals surface area contributed by atoms with Gasteiger partial charge in [-0.3, -0.25) is 0 Å². The Balaban J connectivity index is 1.02. The van der Waals surface area contributed by atoms with Crippen LogP contribution in [0.1, 0.15) is 47.2 Å². The van der Waals surface area contributed by atoms with E-state index in [0.29, 0.717) is 0 Å². The first kappa shape index (κ1) is 42.0. The van der Waals surface area contributed by atoms with Gasteiger partial charge in [-0.25, -0.2) is 4.89 Å². The molecule has 0 radical (unpaired) electrons. The molecule has 0 fully saturated rings. The lowest BCUT2D eigenvalue weighted by Crippen LogP contribution is -2.34. The second-order valence-electron chi connectivity index (χ2n) is 21.1. The molecule has 2 atom stereocenters. The number of para-hydroxylation sites is 3. The summed E-state index contributed by atoms with van der Waals surface area (Å²) in [6.07, 6.45) is 0. The summed E-state index contributed by atoms with van der Waals surface area (Å²) in [7, 11) is -3.21. The smallest absolute Gasteiger partial charge is 0.240 e. The lowest BCUT2D eigenvalue weighted by Gasteiger charge is -2.39. The van der Waals surface area contributed by atoms with Gasteiger partial charge in [0.1, 0.15) is 15.9 Å². The summed E-state index contributed by atoms with van der Waals surface area (Å²) >= 11 is 0. The predicted molar refractivity (Wildman–Crippen MR) is 309 cm³/mol. The van der Waals surface area contributed by atoms with Gasteiger partial charge >= 0.3 is 0 Å². The Morgan fingerprint density at radius 3 is 1.84 bits per heavy atom. The minimum atomic E-state index is -3.21. The number of nitrogens with zero attached hydrogens (tertiary/aromatic N) is 2. The van der Waals surface area contributed by atoms with Gasteiger partial charge in [0.25, 0.3) is 0 Å². The van der Waals surface area contributed by atoms with Crippen molar-refractivity contribution in [2.45, 2.75) is 24.7 Å². The van der Waals surface area contributed by atoms with Gasteiger partial charge in [0, 0.05) is 49.9 Å². The van der Waals surface area contributed by atoms with Gasteiger partial charge in [0.2, 0.25) is 7.49 Å². The van der Waals surface area contributed by atoms with Gasteiger partial charge in [-0.1, -0.05) is 190 Å². The first-order chi connectivity index (χ1) is 36.4. The Kier molecular flexibility index (Phi) is 8.51. The second-order valence-corrected chi connectivity index (χ2v) is 23.8. The van der Waals surface area contributed by atoms with Crippen LogP contribution >= 0.6 is 7.49 Å². The van der Waals surface area contributed by atoms with Gasteiger partial charge in [-0.15, -0.1) is 0 Å². The quantitative estimate of drug-likeness (QED) is 0.174. The standard InChI is InChI=1S/C70H48N2OP/c1-69(2)57-26-12-9-22-50(57)51-38-36-48(43-62(51)69)71(46-34-32-45(33-35-46)44-18-5-3-6-19-44)47-37-40-58-56(42-47)66-60(41-39-55-53-24-11-16-31-65(53)74(73,68(55)66)49-20-7-4-8-21-49)70(58)59-27-13-15-30-64(59)72-63-29-14-10-23-52(63)54-25-17-28-61(70)67(54)72/h3-43,73H,1-2H3/q+1. The summed E-state index contributed by atoms with van der Waals surface area (Å²) in [4.78, 5) is 16.7. The topological polar surface area (TPSA) is 28.4 Å². The van der Waals surface area contributed by atoms with Crippen molar-refractivity contribution in [1.29, 1.82) is 0 Å². The van der Waals surface area contributed by atoms with E-state index in [9.17, 15) is 4.89 Å². The predicted octanol–water partition coefficient (Wildman–Crippen LogP) is 16.1. The summed E-state index contributed by atoms with van der Waals surface area (Å²) in [6.45, 7) is 4.73. The van der Waals surface area contributed by atoms with Gasteiger partial charge in [0.05, 0.1) is 22.1 Å². The molecule has 74 heavy (non-hydrogen) atoms. The molecule has 4 aliphatic rings. The first-order valence-electron chi connectivity index (χ1n) is 25.8. The molecule has 0 bridgehead atoms. The molecule has 12 aromatic rings. The summed E-state index contributed by atoms with van der Waals surface area (Å²) in [6, 6.07) is 91.8. The van der Waals surface area contributed by atoms with E-state index in [4.69, 9.17) is 0 Å². The molecule has 1 aromatic heterocycles. The molecule has 2 aliphatic heterocycles. The summed E-state index contributed by atoms with van der Waals surface area (Å²) in [5.74, 6) is 0. The molecule has 1 spiro atoms. The number of anilines is 3. The fraction of sp³-hybridized carbons (Fsp3) is 0.0571. The molecular formula is C70H48N2OP+. The monoisotopic (exact) mass is 963 g/mol. The highest BCUT2D eigenvalue weighted by molar-refractivity contribution is 7.92. The molecule has 11 aromatic carbocycles. The van der Waals surface area contributed by atoms with Crippen molar-refractivity contribution in [3.05, 3.63) is 282 Å². The van der Waals surface area contributed by atoms with Gasteiger partial charge in [-0.05, 0) is 134 Å². The Labute approximate surface area is 431 Å². The fourth-order valence-corrected chi connectivity index (χ4v) is 17.4. The molecular weight excluding hydrogens is 916 g/mol. The number of hydrogen-bond donors (Lipinski definition) is 1. The minimum absolute atomic E-state index is 0.187. The number of benzene rings is 11. The van der Waals surface area contributed by atoms with Gasteiger partial charge in [-0.2, -0.15) is 0 Å². The van der Waals surface area contributed by atoms with Crippen molar-refractivity contribution in [3.63, 3.8) is 0 Å². The van der Waals surface area contributed by atoms with Crippen LogP contribution in [0.2, 0.25) is 0 Å². The number of rotatable bonds is 5. The minimum Gasteiger partial charge on any atom is -0.310 e. The number of aromatic nitrogens is 1.